The fourth-order valence-corrected chi connectivity index (χ4v) is 4.39. The van der Waals surface area contributed by atoms with Crippen LogP contribution in [-0.2, 0) is 18.7 Å². The van der Waals surface area contributed by atoms with Crippen molar-refractivity contribution < 1.29 is 4.79 Å². The van der Waals surface area contributed by atoms with Crippen LogP contribution in [-0.4, -0.2) is 32.2 Å². The smallest absolute Gasteiger partial charge is 0.252 e. The summed E-state index contributed by atoms with van der Waals surface area (Å²) in [6.07, 6.45) is 0.626. The number of thioether (sulfide) groups is 1. The van der Waals surface area contributed by atoms with E-state index in [1.54, 1.807) is 23.1 Å². The number of H-pyrrole nitrogens is 1. The molecule has 0 unspecified atom stereocenters. The van der Waals surface area contributed by atoms with E-state index < -0.39 is 0 Å². The zero-order valence-electron chi connectivity index (χ0n) is 14.3. The van der Waals surface area contributed by atoms with Crippen LogP contribution in [0.2, 0.25) is 0 Å². The Morgan fingerprint density at radius 2 is 2.27 bits per heavy atom. The van der Waals surface area contributed by atoms with Gasteiger partial charge in [0.25, 0.3) is 5.91 Å². The molecule has 9 heteroatoms. The minimum atomic E-state index is -0.0800. The summed E-state index contributed by atoms with van der Waals surface area (Å²) >= 11 is 8.38. The second-order valence-electron chi connectivity index (χ2n) is 5.46. The Kier molecular flexibility index (Phi) is 6.59. The van der Waals surface area contributed by atoms with Crippen molar-refractivity contribution in [2.75, 3.05) is 6.54 Å². The first kappa shape index (κ1) is 18.8. The Morgan fingerprint density at radius 1 is 1.42 bits per heavy atom. The molecule has 1 aromatic carbocycles. The van der Waals surface area contributed by atoms with Gasteiger partial charge in [0.1, 0.15) is 5.82 Å². The predicted octanol–water partition coefficient (Wildman–Crippen LogP) is 3.68. The number of thiazole rings is 1. The molecule has 0 aliphatic heterocycles. The third-order valence-electron chi connectivity index (χ3n) is 3.78. The highest BCUT2D eigenvalue weighted by molar-refractivity contribution is 7.98. The van der Waals surface area contributed by atoms with Gasteiger partial charge in [-0.05, 0) is 31.3 Å². The lowest BCUT2D eigenvalue weighted by Crippen LogP contribution is -2.27. The summed E-state index contributed by atoms with van der Waals surface area (Å²) in [5, 5.41) is 12.0. The molecule has 0 aliphatic carbocycles. The number of rotatable bonds is 8. The summed E-state index contributed by atoms with van der Waals surface area (Å²) in [5.74, 6) is 1.52. The molecule has 6 nitrogen and oxygen atoms in total. The van der Waals surface area contributed by atoms with E-state index in [0.29, 0.717) is 23.3 Å². The maximum Gasteiger partial charge on any atom is 0.252 e. The molecular weight excluding hydrogens is 386 g/mol. The van der Waals surface area contributed by atoms with Gasteiger partial charge in [-0.15, -0.1) is 23.1 Å². The SMILES string of the molecule is CCn1c(CCNC(=O)c2ccccc2SCc2cscn2)n[nH]c1=S. The number of carbonyl (C=O) groups is 1. The fraction of sp³-hybridized carbons (Fsp3) is 0.294. The summed E-state index contributed by atoms with van der Waals surface area (Å²) in [7, 11) is 0. The van der Waals surface area contributed by atoms with Crippen molar-refractivity contribution in [2.24, 2.45) is 0 Å². The molecule has 0 aliphatic rings. The van der Waals surface area contributed by atoms with Crippen LogP contribution in [0.15, 0.2) is 40.1 Å². The maximum atomic E-state index is 12.6. The largest absolute Gasteiger partial charge is 0.352 e. The minimum Gasteiger partial charge on any atom is -0.352 e. The van der Waals surface area contributed by atoms with Gasteiger partial charge in [-0.25, -0.2) is 4.98 Å². The Bertz CT molecular complexity index is 917. The van der Waals surface area contributed by atoms with Gasteiger partial charge >= 0.3 is 0 Å². The number of carbonyl (C=O) groups excluding carboxylic acids is 1. The molecule has 0 fully saturated rings. The van der Waals surface area contributed by atoms with Crippen molar-refractivity contribution in [3.05, 3.63) is 57.0 Å². The van der Waals surface area contributed by atoms with E-state index in [9.17, 15) is 4.79 Å². The van der Waals surface area contributed by atoms with E-state index >= 15 is 0 Å². The van der Waals surface area contributed by atoms with Crippen molar-refractivity contribution in [2.45, 2.75) is 30.5 Å². The fourth-order valence-electron chi connectivity index (χ4n) is 2.49. The summed E-state index contributed by atoms with van der Waals surface area (Å²) in [4.78, 5) is 17.8. The molecule has 1 amide bonds. The molecule has 0 radical (unpaired) electrons. The number of aromatic amines is 1. The van der Waals surface area contributed by atoms with Crippen molar-refractivity contribution in [3.8, 4) is 0 Å². The molecule has 0 atom stereocenters. The summed E-state index contributed by atoms with van der Waals surface area (Å²) in [6, 6.07) is 7.64. The van der Waals surface area contributed by atoms with Gasteiger partial charge in [0.05, 0.1) is 16.8 Å². The Morgan fingerprint density at radius 3 is 3.04 bits per heavy atom. The zero-order valence-corrected chi connectivity index (χ0v) is 16.7. The van der Waals surface area contributed by atoms with Gasteiger partial charge in [-0.3, -0.25) is 9.89 Å². The maximum absolute atomic E-state index is 12.6. The molecule has 0 bridgehead atoms. The molecular formula is C17H19N5OS3. The van der Waals surface area contributed by atoms with Crippen LogP contribution >= 0.6 is 35.3 Å². The van der Waals surface area contributed by atoms with Gasteiger partial charge < -0.3 is 9.88 Å². The second-order valence-corrected chi connectivity index (χ2v) is 7.58. The molecule has 3 aromatic rings. The van der Waals surface area contributed by atoms with Crippen LogP contribution in [0.5, 0.6) is 0 Å². The molecule has 0 spiro atoms. The zero-order chi connectivity index (χ0) is 18.4. The lowest BCUT2D eigenvalue weighted by Gasteiger charge is -2.10. The van der Waals surface area contributed by atoms with Gasteiger partial charge in [-0.1, -0.05) is 12.1 Å². The van der Waals surface area contributed by atoms with Gasteiger partial charge in [0.2, 0.25) is 0 Å². The Labute approximate surface area is 165 Å². The number of nitrogens with zero attached hydrogens (tertiary/aromatic N) is 3. The summed E-state index contributed by atoms with van der Waals surface area (Å²) < 4.78 is 2.54. The summed E-state index contributed by atoms with van der Waals surface area (Å²) in [6.45, 7) is 3.28. The van der Waals surface area contributed by atoms with E-state index in [4.69, 9.17) is 12.2 Å². The Hall–Kier alpha value is -1.97. The van der Waals surface area contributed by atoms with Crippen LogP contribution in [0, 0.1) is 4.77 Å². The molecule has 0 saturated heterocycles. The van der Waals surface area contributed by atoms with E-state index in [2.05, 4.69) is 20.5 Å². The molecule has 26 heavy (non-hydrogen) atoms. The molecule has 0 saturated carbocycles. The molecule has 2 N–H and O–H groups in total. The van der Waals surface area contributed by atoms with Crippen LogP contribution < -0.4 is 5.32 Å². The van der Waals surface area contributed by atoms with E-state index in [1.165, 1.54) is 0 Å². The third kappa shape index (κ3) is 4.60. The highest BCUT2D eigenvalue weighted by Crippen LogP contribution is 2.26. The first-order valence-corrected chi connectivity index (χ1v) is 10.5. The van der Waals surface area contributed by atoms with Crippen LogP contribution in [0.4, 0.5) is 0 Å². The highest BCUT2D eigenvalue weighted by atomic mass is 32.2. The standard InChI is InChI=1S/C17H19N5OS3/c1-2-22-15(20-21-17(22)24)7-8-18-16(23)13-5-3-4-6-14(13)26-10-12-9-25-11-19-12/h3-6,9,11H,2,7-8,10H2,1H3,(H,18,23)(H,21,24). The normalized spacial score (nSPS) is 10.8. The monoisotopic (exact) mass is 405 g/mol. The lowest BCUT2D eigenvalue weighted by atomic mass is 10.2. The first-order valence-electron chi connectivity index (χ1n) is 8.20. The van der Waals surface area contributed by atoms with Crippen molar-refractivity contribution >= 4 is 41.2 Å². The van der Waals surface area contributed by atoms with Gasteiger partial charge in [-0.2, -0.15) is 5.10 Å². The number of hydrogen-bond acceptors (Lipinski definition) is 6. The summed E-state index contributed by atoms with van der Waals surface area (Å²) in [5.41, 5.74) is 3.53. The number of aromatic nitrogens is 4. The topological polar surface area (TPSA) is 75.6 Å². The number of benzene rings is 1. The van der Waals surface area contributed by atoms with Crippen molar-refractivity contribution in [1.29, 1.82) is 0 Å². The lowest BCUT2D eigenvalue weighted by molar-refractivity contribution is 0.0951. The minimum absolute atomic E-state index is 0.0800. The van der Waals surface area contributed by atoms with Gasteiger partial charge in [0, 0.05) is 35.5 Å². The molecule has 2 aromatic heterocycles. The molecule has 2 heterocycles. The van der Waals surface area contributed by atoms with E-state index in [-0.39, 0.29) is 5.91 Å². The van der Waals surface area contributed by atoms with Crippen molar-refractivity contribution in [1.82, 2.24) is 25.1 Å². The molecule has 3 rings (SSSR count). The average molecular weight is 406 g/mol. The second kappa shape index (κ2) is 9.11. The van der Waals surface area contributed by atoms with Crippen LogP contribution in [0.25, 0.3) is 0 Å². The third-order valence-corrected chi connectivity index (χ3v) is 5.83. The van der Waals surface area contributed by atoms with Crippen LogP contribution in [0.1, 0.15) is 28.8 Å². The van der Waals surface area contributed by atoms with Crippen LogP contribution in [0.3, 0.4) is 0 Å². The predicted molar refractivity (Wildman–Crippen MR) is 107 cm³/mol. The number of hydrogen-bond donors (Lipinski definition) is 2. The van der Waals surface area contributed by atoms with E-state index in [1.807, 2.05) is 46.6 Å². The number of amides is 1. The van der Waals surface area contributed by atoms with Crippen molar-refractivity contribution in [3.63, 3.8) is 0 Å². The average Bonchev–Trinajstić information content (AvgIpc) is 3.29. The number of nitrogens with one attached hydrogen (secondary N) is 2. The van der Waals surface area contributed by atoms with Gasteiger partial charge in [0.15, 0.2) is 4.77 Å². The van der Waals surface area contributed by atoms with E-state index in [0.717, 1.165) is 28.7 Å². The highest BCUT2D eigenvalue weighted by Gasteiger charge is 2.12. The quantitative estimate of drug-likeness (QED) is 0.442. The first-order chi connectivity index (χ1) is 12.7. The Balaban J connectivity index is 1.60. The molecule has 136 valence electrons.